The van der Waals surface area contributed by atoms with Gasteiger partial charge in [-0.15, -0.1) is 0 Å². The van der Waals surface area contributed by atoms with Gasteiger partial charge < -0.3 is 9.88 Å². The van der Waals surface area contributed by atoms with Crippen LogP contribution in [0.25, 0.3) is 0 Å². The van der Waals surface area contributed by atoms with Crippen molar-refractivity contribution in [2.24, 2.45) is 11.3 Å². The molecule has 0 radical (unpaired) electrons. The Balaban J connectivity index is 2.35. The first-order valence-corrected chi connectivity index (χ1v) is 6.29. The first kappa shape index (κ1) is 14.0. The molecular weight excluding hydrogens is 212 g/mol. The molecule has 0 unspecified atom stereocenters. The average Bonchev–Trinajstić information content (AvgIpc) is 2.26. The van der Waals surface area contributed by atoms with Crippen LogP contribution in [0.4, 0.5) is 0 Å². The van der Waals surface area contributed by atoms with Gasteiger partial charge in [0.05, 0.1) is 0 Å². The topological polar surface area (TPSA) is 34.0 Å². The molecule has 0 amide bonds. The van der Waals surface area contributed by atoms with Crippen LogP contribution >= 0.6 is 0 Å². The summed E-state index contributed by atoms with van der Waals surface area (Å²) < 4.78 is 1.73. The summed E-state index contributed by atoms with van der Waals surface area (Å²) in [6.07, 6.45) is 1.83. The summed E-state index contributed by atoms with van der Waals surface area (Å²) in [5, 5.41) is 3.42. The highest BCUT2D eigenvalue weighted by molar-refractivity contribution is 4.93. The Kier molecular flexibility index (Phi) is 4.94. The standard InChI is InChI=1S/C14H24N2O/c1-12(2)14(3,4)11-15-8-10-16-9-6-5-7-13(16)17/h5-7,9,12,15H,8,10-11H2,1-4H3. The van der Waals surface area contributed by atoms with E-state index in [1.54, 1.807) is 16.7 Å². The van der Waals surface area contributed by atoms with Gasteiger partial charge in [-0.3, -0.25) is 4.79 Å². The fraction of sp³-hybridized carbons (Fsp3) is 0.643. The molecule has 3 nitrogen and oxygen atoms in total. The first-order valence-electron chi connectivity index (χ1n) is 6.29. The zero-order chi connectivity index (χ0) is 12.9. The Labute approximate surface area is 104 Å². The summed E-state index contributed by atoms with van der Waals surface area (Å²) in [5.41, 5.74) is 0.360. The lowest BCUT2D eigenvalue weighted by molar-refractivity contribution is 0.237. The average molecular weight is 236 g/mol. The van der Waals surface area contributed by atoms with Crippen molar-refractivity contribution in [3.8, 4) is 0 Å². The fourth-order valence-corrected chi connectivity index (χ4v) is 1.46. The minimum absolute atomic E-state index is 0.0671. The maximum atomic E-state index is 11.5. The molecule has 1 heterocycles. The van der Waals surface area contributed by atoms with Gasteiger partial charge >= 0.3 is 0 Å². The summed E-state index contributed by atoms with van der Waals surface area (Å²) in [4.78, 5) is 11.5. The monoisotopic (exact) mass is 236 g/mol. The molecule has 0 spiro atoms. The molecule has 1 N–H and O–H groups in total. The molecule has 17 heavy (non-hydrogen) atoms. The molecule has 3 heteroatoms. The number of hydrogen-bond acceptors (Lipinski definition) is 2. The third-order valence-corrected chi connectivity index (χ3v) is 3.57. The Hall–Kier alpha value is -1.09. The summed E-state index contributed by atoms with van der Waals surface area (Å²) >= 11 is 0. The molecule has 1 rings (SSSR count). The molecule has 96 valence electrons. The second-order valence-electron chi connectivity index (χ2n) is 5.55. The van der Waals surface area contributed by atoms with Gasteiger partial charge in [0.15, 0.2) is 0 Å². The Morgan fingerprint density at radius 2 is 2.06 bits per heavy atom. The highest BCUT2D eigenvalue weighted by Gasteiger charge is 2.21. The van der Waals surface area contributed by atoms with Crippen molar-refractivity contribution in [2.45, 2.75) is 34.2 Å². The van der Waals surface area contributed by atoms with Gasteiger partial charge in [0.2, 0.25) is 0 Å². The van der Waals surface area contributed by atoms with Crippen LogP contribution in [-0.2, 0) is 6.54 Å². The van der Waals surface area contributed by atoms with Crippen LogP contribution in [0.2, 0.25) is 0 Å². The van der Waals surface area contributed by atoms with Crippen LogP contribution in [0.5, 0.6) is 0 Å². The van der Waals surface area contributed by atoms with Crippen molar-refractivity contribution in [3.63, 3.8) is 0 Å². The summed E-state index contributed by atoms with van der Waals surface area (Å²) in [6, 6.07) is 5.26. The van der Waals surface area contributed by atoms with E-state index >= 15 is 0 Å². The van der Waals surface area contributed by atoms with Crippen LogP contribution < -0.4 is 10.9 Å². The predicted octanol–water partition coefficient (Wildman–Crippen LogP) is 2.12. The van der Waals surface area contributed by atoms with Crippen LogP contribution in [0.3, 0.4) is 0 Å². The van der Waals surface area contributed by atoms with E-state index in [0.29, 0.717) is 11.3 Å². The van der Waals surface area contributed by atoms with E-state index in [-0.39, 0.29) is 5.56 Å². The van der Waals surface area contributed by atoms with Gasteiger partial charge in [0, 0.05) is 31.9 Å². The van der Waals surface area contributed by atoms with E-state index in [2.05, 4.69) is 33.0 Å². The lowest BCUT2D eigenvalue weighted by atomic mass is 9.81. The Morgan fingerprint density at radius 1 is 1.35 bits per heavy atom. The molecule has 1 aromatic heterocycles. The maximum absolute atomic E-state index is 11.5. The van der Waals surface area contributed by atoms with E-state index in [9.17, 15) is 4.79 Å². The van der Waals surface area contributed by atoms with Gasteiger partial charge in [0.25, 0.3) is 5.56 Å². The first-order chi connectivity index (χ1) is 7.93. The quantitative estimate of drug-likeness (QED) is 0.768. The van der Waals surface area contributed by atoms with Crippen molar-refractivity contribution < 1.29 is 0 Å². The van der Waals surface area contributed by atoms with Gasteiger partial charge in [-0.2, -0.15) is 0 Å². The highest BCUT2D eigenvalue weighted by Crippen LogP contribution is 2.24. The number of nitrogens with zero attached hydrogens (tertiary/aromatic N) is 1. The van der Waals surface area contributed by atoms with Gasteiger partial charge in [-0.1, -0.05) is 33.8 Å². The number of hydrogen-bond donors (Lipinski definition) is 1. The van der Waals surface area contributed by atoms with Crippen molar-refractivity contribution in [1.82, 2.24) is 9.88 Å². The van der Waals surface area contributed by atoms with E-state index in [1.807, 2.05) is 12.3 Å². The molecule has 0 saturated heterocycles. The normalized spacial score (nSPS) is 12.1. The van der Waals surface area contributed by atoms with Gasteiger partial charge in [0.1, 0.15) is 0 Å². The van der Waals surface area contributed by atoms with Crippen molar-refractivity contribution in [2.75, 3.05) is 13.1 Å². The molecule has 0 aliphatic rings. The number of nitrogens with one attached hydrogen (secondary N) is 1. The smallest absolute Gasteiger partial charge is 0.250 e. The summed E-state index contributed by atoms with van der Waals surface area (Å²) in [5.74, 6) is 0.648. The predicted molar refractivity (Wildman–Crippen MR) is 72.2 cm³/mol. The Bertz CT molecular complexity index is 393. The second kappa shape index (κ2) is 6.01. The summed E-state index contributed by atoms with van der Waals surface area (Å²) in [6.45, 7) is 11.5. The van der Waals surface area contributed by atoms with E-state index in [0.717, 1.165) is 19.6 Å². The molecule has 1 aromatic rings. The third kappa shape index (κ3) is 4.35. The molecule has 0 atom stereocenters. The number of pyridine rings is 1. The summed E-state index contributed by atoms with van der Waals surface area (Å²) in [7, 11) is 0. The Morgan fingerprint density at radius 3 is 2.65 bits per heavy atom. The molecule has 0 aliphatic heterocycles. The van der Waals surface area contributed by atoms with Crippen molar-refractivity contribution in [1.29, 1.82) is 0 Å². The maximum Gasteiger partial charge on any atom is 0.250 e. The second-order valence-corrected chi connectivity index (χ2v) is 5.55. The number of rotatable bonds is 6. The molecular formula is C14H24N2O. The van der Waals surface area contributed by atoms with E-state index in [1.165, 1.54) is 0 Å². The van der Waals surface area contributed by atoms with Gasteiger partial charge in [-0.25, -0.2) is 0 Å². The number of aromatic nitrogens is 1. The lowest BCUT2D eigenvalue weighted by Crippen LogP contribution is -2.36. The molecule has 0 saturated carbocycles. The lowest BCUT2D eigenvalue weighted by Gasteiger charge is -2.29. The molecule has 0 aliphatic carbocycles. The van der Waals surface area contributed by atoms with Crippen LogP contribution in [0, 0.1) is 11.3 Å². The zero-order valence-electron chi connectivity index (χ0n) is 11.4. The molecule has 0 bridgehead atoms. The fourth-order valence-electron chi connectivity index (χ4n) is 1.46. The largest absolute Gasteiger partial charge is 0.314 e. The van der Waals surface area contributed by atoms with Crippen molar-refractivity contribution in [3.05, 3.63) is 34.7 Å². The van der Waals surface area contributed by atoms with Crippen LogP contribution in [0.15, 0.2) is 29.2 Å². The van der Waals surface area contributed by atoms with Crippen LogP contribution in [0.1, 0.15) is 27.7 Å². The minimum atomic E-state index is 0.0671. The molecule has 0 aromatic carbocycles. The third-order valence-electron chi connectivity index (χ3n) is 3.57. The highest BCUT2D eigenvalue weighted by atomic mass is 16.1. The molecule has 0 fully saturated rings. The minimum Gasteiger partial charge on any atom is -0.314 e. The SMILES string of the molecule is CC(C)C(C)(C)CNCCn1ccccc1=O. The van der Waals surface area contributed by atoms with E-state index < -0.39 is 0 Å². The van der Waals surface area contributed by atoms with E-state index in [4.69, 9.17) is 0 Å². The van der Waals surface area contributed by atoms with Gasteiger partial charge in [-0.05, 0) is 17.4 Å². The van der Waals surface area contributed by atoms with Crippen molar-refractivity contribution >= 4 is 0 Å². The zero-order valence-corrected chi connectivity index (χ0v) is 11.4. The van der Waals surface area contributed by atoms with Crippen LogP contribution in [-0.4, -0.2) is 17.7 Å².